The largest absolute Gasteiger partial charge is 0.497 e. The normalized spacial score (nSPS) is 54.0. The molecule has 6 fully saturated rings. The first-order chi connectivity index (χ1) is 17.1. The van der Waals surface area contributed by atoms with Gasteiger partial charge in [-0.15, -0.1) is 0 Å². The lowest BCUT2D eigenvalue weighted by atomic mass is 9.55. The summed E-state index contributed by atoms with van der Waals surface area (Å²) < 4.78 is 37.7. The highest BCUT2D eigenvalue weighted by atomic mass is 16.8. The van der Waals surface area contributed by atoms with Gasteiger partial charge in [-0.1, -0.05) is 32.9 Å². The predicted molar refractivity (Wildman–Crippen MR) is 127 cm³/mol. The van der Waals surface area contributed by atoms with E-state index in [1.165, 1.54) is 0 Å². The fourth-order valence-corrected chi connectivity index (χ4v) is 8.85. The number of aliphatic hydroxyl groups excluding tert-OH is 1. The third kappa shape index (κ3) is 2.64. The highest BCUT2D eigenvalue weighted by Gasteiger charge is 2.86. The Hall–Kier alpha value is -1.26. The minimum Gasteiger partial charge on any atom is -0.497 e. The summed E-state index contributed by atoms with van der Waals surface area (Å²) in [6.45, 7) is 6.93. The molecule has 3 aliphatic heterocycles. The van der Waals surface area contributed by atoms with Crippen LogP contribution in [0.4, 0.5) is 0 Å². The van der Waals surface area contributed by atoms with Crippen molar-refractivity contribution in [2.75, 3.05) is 20.8 Å². The summed E-state index contributed by atoms with van der Waals surface area (Å²) in [6.07, 6.45) is 0.337. The molecule has 2 bridgehead atoms. The number of hydrogen-bond donors (Lipinski definition) is 2. The number of epoxide rings is 2. The van der Waals surface area contributed by atoms with Gasteiger partial charge in [0, 0.05) is 29.4 Å². The molecule has 1 spiro atoms. The molecular weight excluding hydrogens is 464 g/mol. The van der Waals surface area contributed by atoms with Gasteiger partial charge in [0.25, 0.3) is 0 Å². The first-order valence-corrected chi connectivity index (χ1v) is 13.3. The maximum absolute atomic E-state index is 12.4. The number of aliphatic hydroxyl groups is 2. The monoisotopic (exact) mass is 502 g/mol. The van der Waals surface area contributed by atoms with Crippen LogP contribution in [0.3, 0.4) is 0 Å². The second kappa shape index (κ2) is 7.23. The molecule has 36 heavy (non-hydrogen) atoms. The van der Waals surface area contributed by atoms with Crippen LogP contribution in [0.25, 0.3) is 0 Å². The van der Waals surface area contributed by atoms with Crippen LogP contribution in [0.5, 0.6) is 5.75 Å². The molecule has 8 nitrogen and oxygen atoms in total. The van der Waals surface area contributed by atoms with Gasteiger partial charge < -0.3 is 38.6 Å². The summed E-state index contributed by atoms with van der Waals surface area (Å²) in [5, 5.41) is 24.1. The van der Waals surface area contributed by atoms with Crippen molar-refractivity contribution in [3.63, 3.8) is 0 Å². The zero-order valence-electron chi connectivity index (χ0n) is 21.7. The van der Waals surface area contributed by atoms with Crippen LogP contribution in [-0.2, 0) is 23.7 Å². The zero-order valence-corrected chi connectivity index (χ0v) is 21.7. The van der Waals surface area contributed by atoms with E-state index in [4.69, 9.17) is 28.4 Å². The van der Waals surface area contributed by atoms with Crippen LogP contribution in [-0.4, -0.2) is 72.4 Å². The molecule has 3 aliphatic carbocycles. The molecule has 11 atom stereocenters. The van der Waals surface area contributed by atoms with Crippen molar-refractivity contribution in [1.82, 2.24) is 0 Å². The van der Waals surface area contributed by atoms with Crippen LogP contribution in [0.2, 0.25) is 0 Å². The average Bonchev–Trinajstić information content (AvgIpc) is 3.74. The second-order valence-electron chi connectivity index (χ2n) is 12.7. The lowest BCUT2D eigenvalue weighted by Crippen LogP contribution is -2.62. The van der Waals surface area contributed by atoms with E-state index in [1.54, 1.807) is 14.2 Å². The smallest absolute Gasteiger partial charge is 0.225 e. The molecule has 2 N–H and O–H groups in total. The third-order valence-electron chi connectivity index (χ3n) is 11.2. The Morgan fingerprint density at radius 1 is 0.972 bits per heavy atom. The molecule has 3 saturated carbocycles. The number of fused-ring (bicyclic) bond motifs is 10. The minimum atomic E-state index is -1.21. The van der Waals surface area contributed by atoms with Crippen molar-refractivity contribution in [3.8, 4) is 5.75 Å². The first-order valence-electron chi connectivity index (χ1n) is 13.3. The molecule has 3 heterocycles. The fourth-order valence-electron chi connectivity index (χ4n) is 8.85. The quantitative estimate of drug-likeness (QED) is 0.609. The van der Waals surface area contributed by atoms with Crippen molar-refractivity contribution in [3.05, 3.63) is 29.8 Å². The molecular formula is C28H38O8. The van der Waals surface area contributed by atoms with E-state index in [9.17, 15) is 10.2 Å². The highest BCUT2D eigenvalue weighted by molar-refractivity contribution is 5.31. The molecule has 198 valence electrons. The van der Waals surface area contributed by atoms with Crippen LogP contribution in [0.1, 0.15) is 58.3 Å². The Kier molecular flexibility index (Phi) is 4.78. The lowest BCUT2D eigenvalue weighted by molar-refractivity contribution is -0.214. The standard InChI is InChI=1S/C28H38O8/c1-24(2)17-10-13-27(24,30)28(32-5)22(36-28)20-25(3,18(29)11-12-26(20)14-33-26)21-19(17)34-23(35-21)15-6-8-16(31-4)9-7-15/h6-9,17-23,29-30H,10-14H2,1-5H3. The Labute approximate surface area is 212 Å². The van der Waals surface area contributed by atoms with E-state index in [-0.39, 0.29) is 17.9 Å². The Balaban J connectivity index is 1.38. The van der Waals surface area contributed by atoms with Crippen molar-refractivity contribution < 1.29 is 38.6 Å². The van der Waals surface area contributed by atoms with Gasteiger partial charge in [0.1, 0.15) is 17.5 Å². The van der Waals surface area contributed by atoms with Crippen molar-refractivity contribution in [2.45, 2.75) is 94.1 Å². The fraction of sp³-hybridized carbons (Fsp3) is 0.786. The number of hydrogen-bond acceptors (Lipinski definition) is 8. The summed E-state index contributed by atoms with van der Waals surface area (Å²) >= 11 is 0. The van der Waals surface area contributed by atoms with Gasteiger partial charge in [0.05, 0.1) is 37.6 Å². The molecule has 0 radical (unpaired) electrons. The molecule has 6 aliphatic rings. The van der Waals surface area contributed by atoms with E-state index in [2.05, 4.69) is 20.8 Å². The van der Waals surface area contributed by atoms with Crippen molar-refractivity contribution in [1.29, 1.82) is 0 Å². The number of ether oxygens (including phenoxy) is 6. The zero-order chi connectivity index (χ0) is 25.3. The minimum absolute atomic E-state index is 0.0200. The number of benzene rings is 1. The van der Waals surface area contributed by atoms with Crippen LogP contribution in [0.15, 0.2) is 24.3 Å². The van der Waals surface area contributed by atoms with Crippen LogP contribution >= 0.6 is 0 Å². The maximum atomic E-state index is 12.4. The number of methoxy groups -OCH3 is 2. The van der Waals surface area contributed by atoms with Gasteiger partial charge in [0.2, 0.25) is 5.79 Å². The molecule has 1 aromatic carbocycles. The van der Waals surface area contributed by atoms with Gasteiger partial charge in [-0.2, -0.15) is 0 Å². The van der Waals surface area contributed by atoms with Gasteiger partial charge in [-0.25, -0.2) is 0 Å². The molecule has 0 aromatic heterocycles. The van der Waals surface area contributed by atoms with Gasteiger partial charge in [-0.05, 0) is 43.7 Å². The molecule has 11 unspecified atom stereocenters. The molecule has 0 amide bonds. The van der Waals surface area contributed by atoms with E-state index >= 15 is 0 Å². The predicted octanol–water partition coefficient (Wildman–Crippen LogP) is 2.95. The molecule has 7 rings (SSSR count). The first kappa shape index (κ1) is 23.8. The summed E-state index contributed by atoms with van der Waals surface area (Å²) in [7, 11) is 3.27. The topological polar surface area (TPSA) is 102 Å². The lowest BCUT2D eigenvalue weighted by Gasteiger charge is -2.52. The van der Waals surface area contributed by atoms with Gasteiger partial charge in [0.15, 0.2) is 6.29 Å². The van der Waals surface area contributed by atoms with E-state index in [1.807, 2.05) is 24.3 Å². The molecule has 1 aromatic rings. The summed E-state index contributed by atoms with van der Waals surface area (Å²) in [5.41, 5.74) is -2.01. The van der Waals surface area contributed by atoms with Crippen molar-refractivity contribution in [2.24, 2.45) is 22.7 Å². The SMILES string of the molecule is COc1ccc(C2OC3C(O2)C2(C)C(O)CCC4(CO4)C2C2OC2(OC)C2(O)CCC3C2(C)C)cc1. The number of rotatable bonds is 3. The van der Waals surface area contributed by atoms with Gasteiger partial charge in [-0.3, -0.25) is 0 Å². The third-order valence-corrected chi connectivity index (χ3v) is 11.2. The molecule has 3 saturated heterocycles. The summed E-state index contributed by atoms with van der Waals surface area (Å²) in [6, 6.07) is 7.74. The highest BCUT2D eigenvalue weighted by Crippen LogP contribution is 2.73. The maximum Gasteiger partial charge on any atom is 0.225 e. The van der Waals surface area contributed by atoms with E-state index < -0.39 is 52.4 Å². The average molecular weight is 503 g/mol. The molecule has 8 heteroatoms. The Morgan fingerprint density at radius 2 is 1.69 bits per heavy atom. The summed E-state index contributed by atoms with van der Waals surface area (Å²) in [4.78, 5) is 0. The van der Waals surface area contributed by atoms with E-state index in [0.717, 1.165) is 24.2 Å². The van der Waals surface area contributed by atoms with Crippen LogP contribution < -0.4 is 4.74 Å². The second-order valence-corrected chi connectivity index (χ2v) is 12.7. The Morgan fingerprint density at radius 3 is 2.33 bits per heavy atom. The van der Waals surface area contributed by atoms with Gasteiger partial charge >= 0.3 is 0 Å². The summed E-state index contributed by atoms with van der Waals surface area (Å²) in [5.74, 6) is -0.598. The van der Waals surface area contributed by atoms with Crippen LogP contribution in [0, 0.1) is 22.7 Å². The van der Waals surface area contributed by atoms with E-state index in [0.29, 0.717) is 19.4 Å². The Bertz CT molecular complexity index is 1050. The van der Waals surface area contributed by atoms with Crippen molar-refractivity contribution >= 4 is 0 Å².